The Balaban J connectivity index is 1.42. The molecule has 0 aromatic rings. The lowest BCUT2D eigenvalue weighted by molar-refractivity contribution is -0.158. The highest BCUT2D eigenvalue weighted by Gasteiger charge is 2.76. The SMILES string of the molecule is CC(=O)O[C@H]1CC[C@]2(C)[C@H]3CC[C@]4(C)[C@@H](C(C)=O)CC[C@H]4[C@@H]3CC3OC32C1. The lowest BCUT2D eigenvalue weighted by atomic mass is 9.44. The summed E-state index contributed by atoms with van der Waals surface area (Å²) in [5.41, 5.74) is 0.346. The average Bonchev–Trinajstić information content (AvgIpc) is 3.15. The van der Waals surface area contributed by atoms with Crippen LogP contribution in [0.5, 0.6) is 0 Å². The fourth-order valence-corrected chi connectivity index (χ4v) is 8.64. The van der Waals surface area contributed by atoms with Gasteiger partial charge in [-0.25, -0.2) is 0 Å². The third kappa shape index (κ3) is 2.25. The fourth-order valence-electron chi connectivity index (χ4n) is 8.64. The summed E-state index contributed by atoms with van der Waals surface area (Å²) < 4.78 is 12.1. The van der Waals surface area contributed by atoms with Gasteiger partial charge in [-0.15, -0.1) is 0 Å². The van der Waals surface area contributed by atoms with Crippen molar-refractivity contribution in [1.82, 2.24) is 0 Å². The van der Waals surface area contributed by atoms with Gasteiger partial charge in [0.15, 0.2) is 0 Å². The first-order valence-corrected chi connectivity index (χ1v) is 11.1. The number of rotatable bonds is 2. The minimum absolute atomic E-state index is 0.0274. The number of hydrogen-bond donors (Lipinski definition) is 0. The van der Waals surface area contributed by atoms with E-state index in [0.29, 0.717) is 29.6 Å². The Morgan fingerprint density at radius 2 is 1.78 bits per heavy atom. The number of ketones is 1. The Labute approximate surface area is 162 Å². The van der Waals surface area contributed by atoms with Gasteiger partial charge in [0, 0.05) is 24.7 Å². The highest BCUT2D eigenvalue weighted by atomic mass is 16.6. The van der Waals surface area contributed by atoms with Crippen LogP contribution in [0.25, 0.3) is 0 Å². The summed E-state index contributed by atoms with van der Waals surface area (Å²) in [6.45, 7) is 8.19. The maximum absolute atomic E-state index is 12.3. The number of epoxide rings is 1. The van der Waals surface area contributed by atoms with E-state index in [0.717, 1.165) is 32.1 Å². The van der Waals surface area contributed by atoms with Gasteiger partial charge in [-0.1, -0.05) is 13.8 Å². The molecule has 0 N–H and O–H groups in total. The molecule has 0 aromatic carbocycles. The average molecular weight is 375 g/mol. The molecule has 5 fully saturated rings. The van der Waals surface area contributed by atoms with Gasteiger partial charge >= 0.3 is 5.97 Å². The smallest absolute Gasteiger partial charge is 0.302 e. The predicted octanol–water partition coefficient (Wildman–Crippen LogP) is 4.30. The van der Waals surface area contributed by atoms with Gasteiger partial charge in [0.1, 0.15) is 17.5 Å². The van der Waals surface area contributed by atoms with E-state index in [1.807, 2.05) is 0 Å². The maximum Gasteiger partial charge on any atom is 0.302 e. The van der Waals surface area contributed by atoms with Gasteiger partial charge in [-0.05, 0) is 75.0 Å². The van der Waals surface area contributed by atoms with E-state index >= 15 is 0 Å². The Bertz CT molecular complexity index is 688. The molecule has 4 saturated carbocycles. The molecule has 150 valence electrons. The summed E-state index contributed by atoms with van der Waals surface area (Å²) in [7, 11) is 0. The summed E-state index contributed by atoms with van der Waals surface area (Å²) in [5, 5.41) is 0. The monoisotopic (exact) mass is 374 g/mol. The van der Waals surface area contributed by atoms with E-state index in [4.69, 9.17) is 9.47 Å². The summed E-state index contributed by atoms with van der Waals surface area (Å²) in [5.74, 6) is 2.57. The Morgan fingerprint density at radius 1 is 1.00 bits per heavy atom. The van der Waals surface area contributed by atoms with E-state index in [2.05, 4.69) is 13.8 Å². The number of hydrogen-bond acceptors (Lipinski definition) is 4. The molecule has 1 aliphatic heterocycles. The Morgan fingerprint density at radius 3 is 2.48 bits per heavy atom. The molecule has 4 nitrogen and oxygen atoms in total. The van der Waals surface area contributed by atoms with Crippen LogP contribution in [0, 0.1) is 34.5 Å². The normalized spacial score (nSPS) is 55.6. The van der Waals surface area contributed by atoms with Crippen LogP contribution < -0.4 is 0 Å². The predicted molar refractivity (Wildman–Crippen MR) is 101 cm³/mol. The quantitative estimate of drug-likeness (QED) is 0.534. The van der Waals surface area contributed by atoms with E-state index in [1.54, 1.807) is 6.92 Å². The molecule has 0 amide bonds. The molecule has 0 aromatic heterocycles. The molecule has 0 radical (unpaired) electrons. The van der Waals surface area contributed by atoms with Crippen molar-refractivity contribution < 1.29 is 19.1 Å². The van der Waals surface area contributed by atoms with Gasteiger partial charge in [0.2, 0.25) is 0 Å². The zero-order valence-corrected chi connectivity index (χ0v) is 17.3. The Kier molecular flexibility index (Phi) is 3.75. The van der Waals surface area contributed by atoms with Gasteiger partial charge in [-0.2, -0.15) is 0 Å². The minimum Gasteiger partial charge on any atom is -0.462 e. The number of esters is 1. The van der Waals surface area contributed by atoms with Crippen molar-refractivity contribution in [2.75, 3.05) is 0 Å². The largest absolute Gasteiger partial charge is 0.462 e. The molecule has 1 spiro atoms. The summed E-state index contributed by atoms with van der Waals surface area (Å²) in [6, 6.07) is 0. The minimum atomic E-state index is -0.166. The maximum atomic E-state index is 12.3. The number of ether oxygens (including phenoxy) is 2. The van der Waals surface area contributed by atoms with Gasteiger partial charge in [-0.3, -0.25) is 9.59 Å². The lowest BCUT2D eigenvalue weighted by Crippen LogP contribution is -2.59. The second-order valence-electron chi connectivity index (χ2n) is 10.8. The van der Waals surface area contributed by atoms with E-state index in [9.17, 15) is 9.59 Å². The van der Waals surface area contributed by atoms with Crippen molar-refractivity contribution in [2.24, 2.45) is 34.5 Å². The summed E-state index contributed by atoms with van der Waals surface area (Å²) in [6.07, 6.45) is 9.18. The standard InChI is InChI=1S/C23H34O4/c1-13(24)17-5-6-18-16-11-20-23(27-20)12-15(26-14(2)25)7-10-22(23,4)19(16)8-9-21(17,18)3/h15-20H,5-12H2,1-4H3/t15-,16-,17+,18-,19-,20?,21+,22+,23?/m0/s1. The highest BCUT2D eigenvalue weighted by molar-refractivity contribution is 5.79. The number of fused-ring (bicyclic) bond motifs is 4. The molecule has 27 heavy (non-hydrogen) atoms. The molecule has 0 bridgehead atoms. The van der Waals surface area contributed by atoms with Crippen molar-refractivity contribution in [2.45, 2.75) is 96.9 Å². The molecule has 1 heterocycles. The van der Waals surface area contributed by atoms with Crippen molar-refractivity contribution in [3.05, 3.63) is 0 Å². The molecule has 5 rings (SSSR count). The van der Waals surface area contributed by atoms with E-state index in [1.165, 1.54) is 26.2 Å². The van der Waals surface area contributed by atoms with Crippen molar-refractivity contribution >= 4 is 11.8 Å². The molecule has 9 atom stereocenters. The first-order chi connectivity index (χ1) is 12.7. The van der Waals surface area contributed by atoms with E-state index in [-0.39, 0.29) is 34.4 Å². The second-order valence-corrected chi connectivity index (χ2v) is 10.8. The van der Waals surface area contributed by atoms with Crippen molar-refractivity contribution in [3.8, 4) is 0 Å². The molecule has 1 saturated heterocycles. The van der Waals surface area contributed by atoms with Crippen molar-refractivity contribution in [3.63, 3.8) is 0 Å². The van der Waals surface area contributed by atoms with Crippen molar-refractivity contribution in [1.29, 1.82) is 0 Å². The van der Waals surface area contributed by atoms with Crippen LogP contribution in [0.15, 0.2) is 0 Å². The second kappa shape index (κ2) is 5.58. The number of carbonyl (C=O) groups excluding carboxylic acids is 2. The third-order valence-electron chi connectivity index (χ3n) is 9.86. The van der Waals surface area contributed by atoms with Gasteiger partial charge < -0.3 is 9.47 Å². The molecule has 2 unspecified atom stereocenters. The van der Waals surface area contributed by atoms with Crippen LogP contribution >= 0.6 is 0 Å². The first kappa shape index (κ1) is 18.1. The van der Waals surface area contributed by atoms with Crippen LogP contribution in [0.1, 0.15) is 79.1 Å². The first-order valence-electron chi connectivity index (χ1n) is 11.1. The van der Waals surface area contributed by atoms with Gasteiger partial charge in [0.05, 0.1) is 6.10 Å². The topological polar surface area (TPSA) is 55.9 Å². The van der Waals surface area contributed by atoms with Crippen LogP contribution in [0.4, 0.5) is 0 Å². The highest BCUT2D eigenvalue weighted by Crippen LogP contribution is 2.74. The lowest BCUT2D eigenvalue weighted by Gasteiger charge is -2.59. The molecule has 5 aliphatic rings. The molecular formula is C23H34O4. The zero-order chi connectivity index (χ0) is 19.2. The van der Waals surface area contributed by atoms with Crippen LogP contribution in [-0.2, 0) is 19.1 Å². The van der Waals surface area contributed by atoms with Crippen LogP contribution in [0.2, 0.25) is 0 Å². The molecule has 4 heteroatoms. The Hall–Kier alpha value is -0.900. The van der Waals surface area contributed by atoms with E-state index < -0.39 is 0 Å². The fraction of sp³-hybridized carbons (Fsp3) is 0.913. The van der Waals surface area contributed by atoms with Gasteiger partial charge in [0.25, 0.3) is 0 Å². The number of carbonyl (C=O) groups is 2. The summed E-state index contributed by atoms with van der Waals surface area (Å²) >= 11 is 0. The summed E-state index contributed by atoms with van der Waals surface area (Å²) in [4.78, 5) is 23.7. The van der Waals surface area contributed by atoms with Crippen LogP contribution in [0.3, 0.4) is 0 Å². The number of Topliss-reactive ketones (excluding diaryl/α,β-unsaturated/α-hetero) is 1. The third-order valence-corrected chi connectivity index (χ3v) is 9.86. The zero-order valence-electron chi connectivity index (χ0n) is 17.3. The molecular weight excluding hydrogens is 340 g/mol. The van der Waals surface area contributed by atoms with Crippen LogP contribution in [-0.4, -0.2) is 29.6 Å². The molecule has 4 aliphatic carbocycles.